The van der Waals surface area contributed by atoms with Gasteiger partial charge in [0, 0.05) is 23.1 Å². The summed E-state index contributed by atoms with van der Waals surface area (Å²) >= 11 is 0. The zero-order valence-corrected chi connectivity index (χ0v) is 15.7. The lowest BCUT2D eigenvalue weighted by Gasteiger charge is -2.12. The fraction of sp³-hybridized carbons (Fsp3) is 0.273. The predicted octanol–water partition coefficient (Wildman–Crippen LogP) is 4.63. The van der Waals surface area contributed by atoms with Gasteiger partial charge in [-0.05, 0) is 42.7 Å². The first kappa shape index (κ1) is 18.7. The zero-order chi connectivity index (χ0) is 19.4. The van der Waals surface area contributed by atoms with Crippen molar-refractivity contribution in [2.45, 2.75) is 39.7 Å². The minimum atomic E-state index is -0.872. The van der Waals surface area contributed by atoms with Gasteiger partial charge in [0.1, 0.15) is 5.69 Å². The van der Waals surface area contributed by atoms with Gasteiger partial charge >= 0.3 is 5.97 Å². The summed E-state index contributed by atoms with van der Waals surface area (Å²) in [5.41, 5.74) is 4.08. The Bertz CT molecular complexity index is 971. The number of para-hydroxylation sites is 1. The van der Waals surface area contributed by atoms with Crippen LogP contribution in [-0.4, -0.2) is 21.6 Å². The molecule has 0 bridgehead atoms. The molecule has 140 valence electrons. The second-order valence-electron chi connectivity index (χ2n) is 6.72. The standard InChI is InChI=1S/C22H24N2O3/c1-3-4-13-24-19-8-6-5-7-18(19)15(2)21(24)22(27)23-17-11-9-16(10-12-17)14-20(25)26/h5-12H,3-4,13-14H2,1-2H3,(H,23,27)(H,25,26). The number of aliphatic carboxylic acids is 1. The lowest BCUT2D eigenvalue weighted by atomic mass is 10.1. The first-order valence-electron chi connectivity index (χ1n) is 9.21. The summed E-state index contributed by atoms with van der Waals surface area (Å²) in [6, 6.07) is 15.0. The summed E-state index contributed by atoms with van der Waals surface area (Å²) in [5.74, 6) is -1.02. The van der Waals surface area contributed by atoms with Gasteiger partial charge in [-0.3, -0.25) is 9.59 Å². The van der Waals surface area contributed by atoms with Gasteiger partial charge in [0.15, 0.2) is 0 Å². The third-order valence-corrected chi connectivity index (χ3v) is 4.74. The molecule has 2 aromatic carbocycles. The van der Waals surface area contributed by atoms with Gasteiger partial charge in [0.25, 0.3) is 5.91 Å². The lowest BCUT2D eigenvalue weighted by Crippen LogP contribution is -2.18. The van der Waals surface area contributed by atoms with Crippen molar-refractivity contribution in [1.82, 2.24) is 4.57 Å². The number of nitrogens with zero attached hydrogens (tertiary/aromatic N) is 1. The number of aromatic nitrogens is 1. The van der Waals surface area contributed by atoms with Gasteiger partial charge in [-0.25, -0.2) is 0 Å². The molecule has 0 aliphatic rings. The summed E-state index contributed by atoms with van der Waals surface area (Å²) in [7, 11) is 0. The van der Waals surface area contributed by atoms with E-state index in [1.165, 1.54) is 0 Å². The number of aryl methyl sites for hydroxylation is 2. The number of amides is 1. The summed E-state index contributed by atoms with van der Waals surface area (Å²) in [5, 5.41) is 12.9. The van der Waals surface area contributed by atoms with Crippen molar-refractivity contribution in [2.75, 3.05) is 5.32 Å². The summed E-state index contributed by atoms with van der Waals surface area (Å²) < 4.78 is 2.10. The summed E-state index contributed by atoms with van der Waals surface area (Å²) in [4.78, 5) is 23.8. The van der Waals surface area contributed by atoms with Crippen LogP contribution in [0.5, 0.6) is 0 Å². The van der Waals surface area contributed by atoms with Gasteiger partial charge in [-0.15, -0.1) is 0 Å². The maximum atomic E-state index is 13.0. The van der Waals surface area contributed by atoms with E-state index < -0.39 is 5.97 Å². The molecular weight excluding hydrogens is 340 g/mol. The third kappa shape index (κ3) is 4.03. The molecule has 0 radical (unpaired) electrons. The van der Waals surface area contributed by atoms with E-state index in [-0.39, 0.29) is 12.3 Å². The number of hydrogen-bond acceptors (Lipinski definition) is 2. The van der Waals surface area contributed by atoms with E-state index in [2.05, 4.69) is 22.9 Å². The van der Waals surface area contributed by atoms with Crippen molar-refractivity contribution in [3.05, 3.63) is 65.4 Å². The number of rotatable bonds is 7. The maximum Gasteiger partial charge on any atom is 0.307 e. The molecule has 0 aliphatic heterocycles. The second-order valence-corrected chi connectivity index (χ2v) is 6.72. The molecule has 0 spiro atoms. The first-order chi connectivity index (χ1) is 13.0. The molecule has 27 heavy (non-hydrogen) atoms. The van der Waals surface area contributed by atoms with Crippen molar-refractivity contribution in [3.63, 3.8) is 0 Å². The van der Waals surface area contributed by atoms with Crippen LogP contribution >= 0.6 is 0 Å². The van der Waals surface area contributed by atoms with Crippen LogP contribution in [0.25, 0.3) is 10.9 Å². The molecular formula is C22H24N2O3. The highest BCUT2D eigenvalue weighted by Crippen LogP contribution is 2.27. The fourth-order valence-corrected chi connectivity index (χ4v) is 3.39. The second kappa shape index (κ2) is 8.08. The van der Waals surface area contributed by atoms with Crippen molar-refractivity contribution in [2.24, 2.45) is 0 Å². The SMILES string of the molecule is CCCCn1c(C(=O)Nc2ccc(CC(=O)O)cc2)c(C)c2ccccc21. The van der Waals surface area contributed by atoms with E-state index in [1.54, 1.807) is 24.3 Å². The molecule has 1 heterocycles. The molecule has 1 aromatic heterocycles. The molecule has 0 saturated heterocycles. The van der Waals surface area contributed by atoms with E-state index in [4.69, 9.17) is 5.11 Å². The van der Waals surface area contributed by atoms with Crippen LogP contribution in [0.2, 0.25) is 0 Å². The Morgan fingerprint density at radius 1 is 1.07 bits per heavy atom. The zero-order valence-electron chi connectivity index (χ0n) is 15.7. The Labute approximate surface area is 158 Å². The van der Waals surface area contributed by atoms with Gasteiger partial charge in [0.2, 0.25) is 0 Å². The smallest absolute Gasteiger partial charge is 0.307 e. The number of carbonyl (C=O) groups is 2. The number of nitrogens with one attached hydrogen (secondary N) is 1. The van der Waals surface area contributed by atoms with Crippen LogP contribution < -0.4 is 5.32 Å². The van der Waals surface area contributed by atoms with Gasteiger partial charge in [0.05, 0.1) is 6.42 Å². The molecule has 3 rings (SSSR count). The van der Waals surface area contributed by atoms with Crippen LogP contribution in [0.3, 0.4) is 0 Å². The Morgan fingerprint density at radius 3 is 2.44 bits per heavy atom. The summed E-state index contributed by atoms with van der Waals surface area (Å²) in [6.45, 7) is 4.91. The van der Waals surface area contributed by atoms with Crippen molar-refractivity contribution in [3.8, 4) is 0 Å². The van der Waals surface area contributed by atoms with E-state index >= 15 is 0 Å². The van der Waals surface area contributed by atoms with E-state index in [9.17, 15) is 9.59 Å². The average molecular weight is 364 g/mol. The van der Waals surface area contributed by atoms with Crippen molar-refractivity contribution in [1.29, 1.82) is 0 Å². The number of carboxylic acids is 1. The van der Waals surface area contributed by atoms with Crippen LogP contribution in [0.4, 0.5) is 5.69 Å². The fourth-order valence-electron chi connectivity index (χ4n) is 3.39. The van der Waals surface area contributed by atoms with Gasteiger partial charge < -0.3 is 15.0 Å². The van der Waals surface area contributed by atoms with Crippen LogP contribution in [0.15, 0.2) is 48.5 Å². The number of unbranched alkanes of at least 4 members (excludes halogenated alkanes) is 1. The monoisotopic (exact) mass is 364 g/mol. The van der Waals surface area contributed by atoms with Crippen LogP contribution in [0.1, 0.15) is 41.4 Å². The number of fused-ring (bicyclic) bond motifs is 1. The first-order valence-corrected chi connectivity index (χ1v) is 9.21. The molecule has 0 saturated carbocycles. The Hall–Kier alpha value is -3.08. The number of carboxylic acid groups (broad SMARTS) is 1. The molecule has 0 unspecified atom stereocenters. The van der Waals surface area contributed by atoms with Gasteiger partial charge in [-0.1, -0.05) is 43.7 Å². The van der Waals surface area contributed by atoms with Crippen molar-refractivity contribution >= 4 is 28.5 Å². The predicted molar refractivity (Wildman–Crippen MR) is 107 cm³/mol. The lowest BCUT2D eigenvalue weighted by molar-refractivity contribution is -0.136. The number of carbonyl (C=O) groups excluding carboxylic acids is 1. The van der Waals surface area contributed by atoms with Crippen molar-refractivity contribution < 1.29 is 14.7 Å². The van der Waals surface area contributed by atoms with E-state index in [1.807, 2.05) is 25.1 Å². The number of benzene rings is 2. The molecule has 0 aliphatic carbocycles. The maximum absolute atomic E-state index is 13.0. The van der Waals surface area contributed by atoms with Crippen LogP contribution in [0, 0.1) is 6.92 Å². The normalized spacial score (nSPS) is 10.9. The average Bonchev–Trinajstić information content (AvgIpc) is 2.93. The highest BCUT2D eigenvalue weighted by Gasteiger charge is 2.20. The quantitative estimate of drug-likeness (QED) is 0.642. The molecule has 1 amide bonds. The topological polar surface area (TPSA) is 71.3 Å². The molecule has 2 N–H and O–H groups in total. The summed E-state index contributed by atoms with van der Waals surface area (Å²) in [6.07, 6.45) is 2.03. The molecule has 0 fully saturated rings. The largest absolute Gasteiger partial charge is 0.481 e. The minimum Gasteiger partial charge on any atom is -0.481 e. The van der Waals surface area contributed by atoms with E-state index in [0.29, 0.717) is 16.9 Å². The molecule has 0 atom stereocenters. The molecule has 5 heteroatoms. The van der Waals surface area contributed by atoms with E-state index in [0.717, 1.165) is 35.9 Å². The Morgan fingerprint density at radius 2 is 1.78 bits per heavy atom. The molecule has 3 aromatic rings. The Balaban J connectivity index is 1.90. The minimum absolute atomic E-state index is 0.0292. The van der Waals surface area contributed by atoms with Crippen LogP contribution in [-0.2, 0) is 17.8 Å². The highest BCUT2D eigenvalue weighted by molar-refractivity contribution is 6.08. The van der Waals surface area contributed by atoms with Gasteiger partial charge in [-0.2, -0.15) is 0 Å². The Kier molecular flexibility index (Phi) is 5.60. The number of hydrogen-bond donors (Lipinski definition) is 2. The third-order valence-electron chi connectivity index (χ3n) is 4.74. The highest BCUT2D eigenvalue weighted by atomic mass is 16.4. The number of anilines is 1. The molecule has 5 nitrogen and oxygen atoms in total.